The molecule has 0 bridgehead atoms. The van der Waals surface area contributed by atoms with Gasteiger partial charge in [-0.2, -0.15) is 0 Å². The number of rotatable bonds is 3. The van der Waals surface area contributed by atoms with Crippen molar-refractivity contribution in [3.8, 4) is 5.75 Å². The molecule has 1 heterocycles. The molecule has 2 N–H and O–H groups in total. The first kappa shape index (κ1) is 10.5. The van der Waals surface area contributed by atoms with Crippen LogP contribution >= 0.6 is 0 Å². The van der Waals surface area contributed by atoms with Gasteiger partial charge < -0.3 is 15.2 Å². The third-order valence-electron chi connectivity index (χ3n) is 2.90. The highest BCUT2D eigenvalue weighted by molar-refractivity contribution is 5.28. The molecule has 1 aliphatic heterocycles. The highest BCUT2D eigenvalue weighted by Crippen LogP contribution is 2.27. The molecule has 0 saturated carbocycles. The van der Waals surface area contributed by atoms with Crippen molar-refractivity contribution < 1.29 is 9.84 Å². The first-order valence-corrected chi connectivity index (χ1v) is 5.33. The van der Waals surface area contributed by atoms with E-state index < -0.39 is 0 Å². The Labute approximate surface area is 90.1 Å². The van der Waals surface area contributed by atoms with Gasteiger partial charge in [-0.15, -0.1) is 0 Å². The van der Waals surface area contributed by atoms with Gasteiger partial charge in [0.15, 0.2) is 0 Å². The molecule has 2 atom stereocenters. The molecule has 1 aliphatic rings. The molecule has 1 aromatic rings. The number of phenols is 1. The first-order valence-electron chi connectivity index (χ1n) is 5.33. The Kier molecular flexibility index (Phi) is 3.23. The minimum absolute atomic E-state index is 0.324. The van der Waals surface area contributed by atoms with Crippen LogP contribution in [-0.4, -0.2) is 24.9 Å². The van der Waals surface area contributed by atoms with E-state index in [1.807, 2.05) is 12.1 Å². The van der Waals surface area contributed by atoms with Crippen LogP contribution in [0, 0.1) is 0 Å². The fourth-order valence-electron chi connectivity index (χ4n) is 2.12. The fourth-order valence-corrected chi connectivity index (χ4v) is 2.12. The lowest BCUT2D eigenvalue weighted by Crippen LogP contribution is -2.28. The number of aromatic hydroxyl groups is 1. The van der Waals surface area contributed by atoms with Crippen molar-refractivity contribution in [1.29, 1.82) is 0 Å². The molecular formula is C12H17NO2. The van der Waals surface area contributed by atoms with Crippen LogP contribution in [-0.2, 0) is 4.74 Å². The Morgan fingerprint density at radius 1 is 1.33 bits per heavy atom. The predicted molar refractivity (Wildman–Crippen MR) is 58.9 cm³/mol. The Morgan fingerprint density at radius 2 is 2.07 bits per heavy atom. The number of benzene rings is 1. The zero-order chi connectivity index (χ0) is 10.7. The topological polar surface area (TPSA) is 41.5 Å². The summed E-state index contributed by atoms with van der Waals surface area (Å²) in [5.74, 6) is 0.324. The predicted octanol–water partition coefficient (Wildman–Crippen LogP) is 1.83. The van der Waals surface area contributed by atoms with Crippen LogP contribution in [0.1, 0.15) is 24.4 Å². The Morgan fingerprint density at radius 3 is 2.73 bits per heavy atom. The zero-order valence-electron chi connectivity index (χ0n) is 8.94. The molecule has 2 rings (SSSR count). The van der Waals surface area contributed by atoms with Crippen molar-refractivity contribution in [3.05, 3.63) is 29.8 Å². The van der Waals surface area contributed by atoms with Crippen LogP contribution in [0.15, 0.2) is 24.3 Å². The monoisotopic (exact) mass is 207 g/mol. The number of hydrogen-bond acceptors (Lipinski definition) is 3. The Balaban J connectivity index is 1.98. The molecule has 0 aliphatic carbocycles. The second-order valence-electron chi connectivity index (χ2n) is 4.04. The van der Waals surface area contributed by atoms with Crippen molar-refractivity contribution in [1.82, 2.24) is 5.32 Å². The lowest BCUT2D eigenvalue weighted by molar-refractivity contribution is 0.172. The zero-order valence-corrected chi connectivity index (χ0v) is 8.94. The van der Waals surface area contributed by atoms with Gasteiger partial charge in [-0.25, -0.2) is 0 Å². The van der Waals surface area contributed by atoms with Gasteiger partial charge in [-0.05, 0) is 30.5 Å². The summed E-state index contributed by atoms with van der Waals surface area (Å²) in [4.78, 5) is 0. The van der Waals surface area contributed by atoms with E-state index in [0.717, 1.165) is 19.4 Å². The Hall–Kier alpha value is -1.06. The lowest BCUT2D eigenvalue weighted by Gasteiger charge is -2.13. The van der Waals surface area contributed by atoms with Crippen LogP contribution in [0.5, 0.6) is 5.75 Å². The maximum atomic E-state index is 9.20. The SMILES string of the molecule is COCC1CCC(c2ccc(O)cc2)N1. The van der Waals surface area contributed by atoms with Gasteiger partial charge in [0.25, 0.3) is 0 Å². The normalized spacial score (nSPS) is 25.7. The van der Waals surface area contributed by atoms with E-state index in [1.54, 1.807) is 19.2 Å². The van der Waals surface area contributed by atoms with Gasteiger partial charge >= 0.3 is 0 Å². The highest BCUT2D eigenvalue weighted by atomic mass is 16.5. The van der Waals surface area contributed by atoms with E-state index in [1.165, 1.54) is 5.56 Å². The van der Waals surface area contributed by atoms with E-state index in [4.69, 9.17) is 4.74 Å². The number of hydrogen-bond donors (Lipinski definition) is 2. The van der Waals surface area contributed by atoms with E-state index >= 15 is 0 Å². The molecule has 3 heteroatoms. The molecule has 2 unspecified atom stereocenters. The molecule has 1 fully saturated rings. The van der Waals surface area contributed by atoms with Crippen LogP contribution < -0.4 is 5.32 Å². The molecule has 0 radical (unpaired) electrons. The van der Waals surface area contributed by atoms with E-state index in [9.17, 15) is 5.11 Å². The number of ether oxygens (including phenoxy) is 1. The third-order valence-corrected chi connectivity index (χ3v) is 2.90. The van der Waals surface area contributed by atoms with E-state index in [0.29, 0.717) is 17.8 Å². The summed E-state index contributed by atoms with van der Waals surface area (Å²) in [7, 11) is 1.73. The van der Waals surface area contributed by atoms with Gasteiger partial charge in [0.05, 0.1) is 6.61 Å². The largest absolute Gasteiger partial charge is 0.508 e. The highest BCUT2D eigenvalue weighted by Gasteiger charge is 2.24. The summed E-state index contributed by atoms with van der Waals surface area (Å²) in [6.07, 6.45) is 2.29. The number of methoxy groups -OCH3 is 1. The average molecular weight is 207 g/mol. The summed E-state index contributed by atoms with van der Waals surface area (Å²) in [6.45, 7) is 0.772. The summed E-state index contributed by atoms with van der Waals surface area (Å²) in [6, 6.07) is 8.30. The van der Waals surface area contributed by atoms with E-state index in [-0.39, 0.29) is 0 Å². The molecule has 0 aromatic heterocycles. The molecule has 3 nitrogen and oxygen atoms in total. The average Bonchev–Trinajstić information content (AvgIpc) is 2.68. The molecule has 0 amide bonds. The van der Waals surface area contributed by atoms with Crippen molar-refractivity contribution in [2.24, 2.45) is 0 Å². The maximum Gasteiger partial charge on any atom is 0.115 e. The van der Waals surface area contributed by atoms with Crippen LogP contribution in [0.4, 0.5) is 0 Å². The van der Waals surface area contributed by atoms with Gasteiger partial charge in [-0.1, -0.05) is 12.1 Å². The van der Waals surface area contributed by atoms with Gasteiger partial charge in [0.1, 0.15) is 5.75 Å². The van der Waals surface area contributed by atoms with Crippen molar-refractivity contribution in [2.45, 2.75) is 24.9 Å². The second kappa shape index (κ2) is 4.64. The van der Waals surface area contributed by atoms with Crippen molar-refractivity contribution in [2.75, 3.05) is 13.7 Å². The third kappa shape index (κ3) is 2.49. The molecule has 1 saturated heterocycles. The molecule has 82 valence electrons. The molecular weight excluding hydrogens is 190 g/mol. The summed E-state index contributed by atoms with van der Waals surface area (Å²) >= 11 is 0. The maximum absolute atomic E-state index is 9.20. The second-order valence-corrected chi connectivity index (χ2v) is 4.04. The van der Waals surface area contributed by atoms with Gasteiger partial charge in [0, 0.05) is 19.2 Å². The van der Waals surface area contributed by atoms with E-state index in [2.05, 4.69) is 5.32 Å². The minimum Gasteiger partial charge on any atom is -0.508 e. The van der Waals surface area contributed by atoms with Crippen molar-refractivity contribution in [3.63, 3.8) is 0 Å². The fraction of sp³-hybridized carbons (Fsp3) is 0.500. The van der Waals surface area contributed by atoms with Crippen molar-refractivity contribution >= 4 is 0 Å². The summed E-state index contributed by atoms with van der Waals surface area (Å²) in [5, 5.41) is 12.7. The molecule has 1 aromatic carbocycles. The Bertz CT molecular complexity index is 310. The first-order chi connectivity index (χ1) is 7.29. The smallest absolute Gasteiger partial charge is 0.115 e. The minimum atomic E-state index is 0.324. The van der Waals surface area contributed by atoms with Gasteiger partial charge in [0.2, 0.25) is 0 Å². The summed E-state index contributed by atoms with van der Waals surface area (Å²) in [5.41, 5.74) is 1.24. The summed E-state index contributed by atoms with van der Waals surface area (Å²) < 4.78 is 5.13. The quantitative estimate of drug-likeness (QED) is 0.794. The number of nitrogens with one attached hydrogen (secondary N) is 1. The molecule has 15 heavy (non-hydrogen) atoms. The molecule has 0 spiro atoms. The standard InChI is InChI=1S/C12H17NO2/c1-15-8-10-4-7-12(13-10)9-2-5-11(14)6-3-9/h2-3,5-6,10,12-14H,4,7-8H2,1H3. The number of phenolic OH excluding ortho intramolecular Hbond substituents is 1. The van der Waals surface area contributed by atoms with Gasteiger partial charge in [-0.3, -0.25) is 0 Å². The lowest BCUT2D eigenvalue weighted by atomic mass is 10.1. The van der Waals surface area contributed by atoms with Crippen LogP contribution in [0.25, 0.3) is 0 Å². The van der Waals surface area contributed by atoms with Crippen LogP contribution in [0.2, 0.25) is 0 Å². The van der Waals surface area contributed by atoms with Crippen LogP contribution in [0.3, 0.4) is 0 Å².